The van der Waals surface area contributed by atoms with Crippen LogP contribution in [0.2, 0.25) is 0 Å². The van der Waals surface area contributed by atoms with E-state index in [9.17, 15) is 0 Å². The maximum atomic E-state index is 5.36. The Morgan fingerprint density at radius 2 is 1.08 bits per heavy atom. The van der Waals surface area contributed by atoms with Crippen molar-refractivity contribution in [1.82, 2.24) is 15.0 Å². The van der Waals surface area contributed by atoms with Gasteiger partial charge in [0.05, 0.1) is 5.69 Å². The molecule has 0 atom stereocenters. The Balaban J connectivity index is 0.00000720. The molecule has 7 rings (SSSR count). The SMILES string of the molecule is CC(C)c1cc(C(C)C)c(-c2cc(N=c3cc(C(C)(C)C)cc(-c4cc(-c5ccc(-c6ccc(CC(C)(C)C)cc6)cc5)ccn4)[n-]3)[c-]c(-c3cc(C(C)(C)C)ccn3)c2)c(C(C)C)c1.[Pt+2]. The van der Waals surface area contributed by atoms with Crippen molar-refractivity contribution in [2.75, 3.05) is 0 Å². The van der Waals surface area contributed by atoms with E-state index in [-0.39, 0.29) is 37.3 Å². The van der Waals surface area contributed by atoms with Crippen molar-refractivity contribution in [3.05, 3.63) is 167 Å². The summed E-state index contributed by atoms with van der Waals surface area (Å²) in [4.78, 5) is 20.4. The number of hydrogen-bond acceptors (Lipinski definition) is 3. The summed E-state index contributed by atoms with van der Waals surface area (Å²) in [5.74, 6) is 1.06. The van der Waals surface area contributed by atoms with Crippen LogP contribution in [0.4, 0.5) is 5.69 Å². The maximum Gasteiger partial charge on any atom is 2.00 e. The molecule has 344 valence electrons. The first kappa shape index (κ1) is 50.2. The van der Waals surface area contributed by atoms with Crippen molar-refractivity contribution in [3.63, 3.8) is 0 Å². The van der Waals surface area contributed by atoms with Crippen LogP contribution in [0.3, 0.4) is 0 Å². The van der Waals surface area contributed by atoms with Gasteiger partial charge in [0.2, 0.25) is 0 Å². The minimum Gasteiger partial charge on any atom is -0.454 e. The fourth-order valence-corrected chi connectivity index (χ4v) is 8.52. The third kappa shape index (κ3) is 12.0. The van der Waals surface area contributed by atoms with Crippen LogP contribution in [0.1, 0.15) is 155 Å². The molecule has 0 radical (unpaired) electrons. The van der Waals surface area contributed by atoms with Crippen LogP contribution >= 0.6 is 0 Å². The molecule has 3 aromatic heterocycles. The number of nitrogens with zero attached hydrogens (tertiary/aromatic N) is 4. The number of hydrogen-bond donors (Lipinski definition) is 0. The fraction of sp³-hybridized carbons (Fsp3) is 0.361. The van der Waals surface area contributed by atoms with Gasteiger partial charge in [-0.2, -0.15) is 0 Å². The Morgan fingerprint density at radius 3 is 1.62 bits per heavy atom. The summed E-state index contributed by atoms with van der Waals surface area (Å²) in [5.41, 5.74) is 19.6. The van der Waals surface area contributed by atoms with Crippen molar-refractivity contribution in [2.24, 2.45) is 10.4 Å². The second kappa shape index (κ2) is 20.0. The average Bonchev–Trinajstić information content (AvgIpc) is 3.25. The summed E-state index contributed by atoms with van der Waals surface area (Å²) in [6.07, 6.45) is 4.87. The van der Waals surface area contributed by atoms with Gasteiger partial charge in [-0.15, -0.1) is 35.0 Å². The first-order chi connectivity index (χ1) is 30.5. The molecule has 4 aromatic carbocycles. The minimum absolute atomic E-state index is 0. The molecule has 0 saturated carbocycles. The van der Waals surface area contributed by atoms with E-state index in [2.05, 4.69) is 219 Å². The van der Waals surface area contributed by atoms with Gasteiger partial charge in [-0.25, -0.2) is 0 Å². The molecule has 66 heavy (non-hydrogen) atoms. The first-order valence-corrected chi connectivity index (χ1v) is 23.7. The van der Waals surface area contributed by atoms with Gasteiger partial charge in [-0.1, -0.05) is 188 Å². The molecular weight excluding hydrogens is 984 g/mol. The van der Waals surface area contributed by atoms with E-state index in [1.165, 1.54) is 44.5 Å². The van der Waals surface area contributed by atoms with Gasteiger partial charge in [0, 0.05) is 12.4 Å². The van der Waals surface area contributed by atoms with Gasteiger partial charge < -0.3 is 15.0 Å². The average molecular weight is 1050 g/mol. The largest absolute Gasteiger partial charge is 2.00 e. The van der Waals surface area contributed by atoms with Crippen LogP contribution < -0.4 is 10.5 Å². The Labute approximate surface area is 411 Å². The molecule has 0 unspecified atom stereocenters. The molecule has 0 bridgehead atoms. The third-order valence-corrected chi connectivity index (χ3v) is 12.4. The molecule has 0 aliphatic heterocycles. The normalized spacial score (nSPS) is 12.6. The van der Waals surface area contributed by atoms with E-state index in [1.807, 2.05) is 12.4 Å². The molecule has 0 N–H and O–H groups in total. The second-order valence-electron chi connectivity index (χ2n) is 22.3. The summed E-state index contributed by atoms with van der Waals surface area (Å²) in [7, 11) is 0. The fourth-order valence-electron chi connectivity index (χ4n) is 8.52. The summed E-state index contributed by atoms with van der Waals surface area (Å²) in [6, 6.07) is 43.7. The van der Waals surface area contributed by atoms with Crippen molar-refractivity contribution >= 4 is 5.69 Å². The summed E-state index contributed by atoms with van der Waals surface area (Å²) in [5, 5.41) is 0. The van der Waals surface area contributed by atoms with E-state index >= 15 is 0 Å². The standard InChI is InChI=1S/C61H70N4.Pt/c1-38(2)46-31-52(39(3)4)58(53(32-46)40(5)6)48-28-47(54-34-49(25-27-62-54)60(10,11)12)29-51(30-48)64-57-36-50(61(13,14)15)35-56(65-57)55-33-45(24-26-63-55)44-22-20-43(21-23-44)42-18-16-41(17-19-42)37-59(7,8)9;/h16-28,30-36,38-40H,37H2,1-15H3;/q-2;+2. The summed E-state index contributed by atoms with van der Waals surface area (Å²) in [6.45, 7) is 34.1. The second-order valence-corrected chi connectivity index (χ2v) is 22.3. The minimum atomic E-state index is -0.162. The van der Waals surface area contributed by atoms with Gasteiger partial charge in [-0.3, -0.25) is 4.98 Å². The molecule has 0 spiro atoms. The van der Waals surface area contributed by atoms with Crippen molar-refractivity contribution in [3.8, 4) is 56.0 Å². The van der Waals surface area contributed by atoms with E-state index < -0.39 is 0 Å². The first-order valence-electron chi connectivity index (χ1n) is 23.7. The molecule has 0 aliphatic carbocycles. The van der Waals surface area contributed by atoms with Gasteiger partial charge in [0.25, 0.3) is 0 Å². The molecule has 0 fully saturated rings. The number of benzene rings is 4. The van der Waals surface area contributed by atoms with Gasteiger partial charge >= 0.3 is 21.1 Å². The Bertz CT molecular complexity index is 2830. The van der Waals surface area contributed by atoms with Crippen LogP contribution in [0.5, 0.6) is 0 Å². The van der Waals surface area contributed by atoms with Gasteiger partial charge in [0.15, 0.2) is 0 Å². The van der Waals surface area contributed by atoms with Crippen LogP contribution in [0.15, 0.2) is 127 Å². The van der Waals surface area contributed by atoms with E-state index in [1.54, 1.807) is 0 Å². The molecule has 4 nitrogen and oxygen atoms in total. The molecule has 3 heterocycles. The zero-order valence-electron chi connectivity index (χ0n) is 42.1. The summed E-state index contributed by atoms with van der Waals surface area (Å²) >= 11 is 0. The smallest absolute Gasteiger partial charge is 0.454 e. The van der Waals surface area contributed by atoms with E-state index in [0.29, 0.717) is 28.9 Å². The quantitative estimate of drug-likeness (QED) is 0.128. The van der Waals surface area contributed by atoms with Crippen molar-refractivity contribution in [2.45, 2.75) is 139 Å². The Kier molecular flexibility index (Phi) is 15.2. The third-order valence-electron chi connectivity index (χ3n) is 12.4. The van der Waals surface area contributed by atoms with Crippen LogP contribution in [-0.2, 0) is 38.3 Å². The van der Waals surface area contributed by atoms with Gasteiger partial charge in [-0.05, 0) is 131 Å². The molecular formula is C61H70N4Pt. The van der Waals surface area contributed by atoms with Crippen LogP contribution in [0.25, 0.3) is 56.0 Å². The number of aromatic nitrogens is 3. The zero-order valence-corrected chi connectivity index (χ0v) is 44.4. The predicted octanol–water partition coefficient (Wildman–Crippen LogP) is 16.4. The maximum absolute atomic E-state index is 5.36. The monoisotopic (exact) mass is 1050 g/mol. The number of rotatable bonds is 10. The Hall–Kier alpha value is -5.18. The van der Waals surface area contributed by atoms with Crippen molar-refractivity contribution in [1.29, 1.82) is 0 Å². The van der Waals surface area contributed by atoms with Crippen molar-refractivity contribution < 1.29 is 21.1 Å². The topological polar surface area (TPSA) is 52.2 Å². The summed E-state index contributed by atoms with van der Waals surface area (Å²) < 4.78 is 0. The predicted molar refractivity (Wildman–Crippen MR) is 276 cm³/mol. The molecule has 7 aromatic rings. The van der Waals surface area contributed by atoms with Gasteiger partial charge in [0.1, 0.15) is 0 Å². The molecule has 0 aliphatic rings. The Morgan fingerprint density at radius 1 is 0.530 bits per heavy atom. The van der Waals surface area contributed by atoms with Crippen LogP contribution in [-0.4, -0.2) is 9.97 Å². The number of pyridine rings is 3. The molecule has 0 saturated heterocycles. The van der Waals surface area contributed by atoms with E-state index in [0.717, 1.165) is 51.3 Å². The van der Waals surface area contributed by atoms with Crippen LogP contribution in [0, 0.1) is 11.5 Å². The zero-order chi connectivity index (χ0) is 47.0. The molecule has 5 heteroatoms. The molecule has 0 amide bonds. The van der Waals surface area contributed by atoms with E-state index in [4.69, 9.17) is 19.9 Å².